The number of rotatable bonds is 4. The zero-order chi connectivity index (χ0) is 17.3. The zero-order valence-corrected chi connectivity index (χ0v) is 12.0. The highest BCUT2D eigenvalue weighted by Crippen LogP contribution is 2.57. The zero-order valence-electron chi connectivity index (χ0n) is 12.0. The largest absolute Gasteiger partial charge is 0.462 e. The van der Waals surface area contributed by atoms with Crippen molar-refractivity contribution in [2.24, 2.45) is 23.7 Å². The second-order valence-corrected chi connectivity index (χ2v) is 6.47. The number of hydrogen-bond donors (Lipinski definition) is 0. The topological polar surface area (TPSA) is 80.3 Å². The fraction of sp³-hybridized carbons (Fsp3) is 0.846. The quantitative estimate of drug-likeness (QED) is 0.426. The highest BCUT2D eigenvalue weighted by molar-refractivity contribution is 5.81. The summed E-state index contributed by atoms with van der Waals surface area (Å²) in [5, 5.41) is 3.59. The predicted octanol–water partition coefficient (Wildman–Crippen LogP) is 1.22. The van der Waals surface area contributed by atoms with E-state index in [-0.39, 0.29) is 23.7 Å². The van der Waals surface area contributed by atoms with E-state index in [1.807, 2.05) is 0 Å². The van der Waals surface area contributed by atoms with Gasteiger partial charge >= 0.3 is 23.8 Å². The molecule has 6 atom stereocenters. The van der Waals surface area contributed by atoms with Gasteiger partial charge in [0.05, 0.1) is 12.5 Å². The third-order valence-electron chi connectivity index (χ3n) is 5.35. The molecule has 4 fully saturated rings. The maximum atomic E-state index is 14.2. The maximum Gasteiger partial charge on any atom is 0.439 e. The summed E-state index contributed by atoms with van der Waals surface area (Å²) in [5.41, 5.74) is -4.50. The van der Waals surface area contributed by atoms with Gasteiger partial charge in [0.25, 0.3) is 6.29 Å². The van der Waals surface area contributed by atoms with Crippen molar-refractivity contribution in [2.75, 3.05) is 6.61 Å². The number of halogens is 4. The Balaban J connectivity index is 1.44. The van der Waals surface area contributed by atoms with Crippen molar-refractivity contribution >= 4 is 11.9 Å². The summed E-state index contributed by atoms with van der Waals surface area (Å²) in [4.78, 5) is 31.0. The average molecular weight is 356 g/mol. The molecular formula is C13H12F4O7. The molecule has 2 bridgehead atoms. The smallest absolute Gasteiger partial charge is 0.439 e. The lowest BCUT2D eigenvalue weighted by Crippen LogP contribution is -2.62. The van der Waals surface area contributed by atoms with Crippen molar-refractivity contribution in [3.63, 3.8) is 0 Å². The van der Waals surface area contributed by atoms with Gasteiger partial charge in [0.15, 0.2) is 0 Å². The molecule has 4 rings (SSSR count). The number of fused-ring (bicyclic) bond motifs is 1. The lowest BCUT2D eigenvalue weighted by Gasteiger charge is -2.35. The van der Waals surface area contributed by atoms with Gasteiger partial charge in [-0.2, -0.15) is 22.9 Å². The number of esters is 2. The number of carbonyl (C=O) groups is 2. The minimum Gasteiger partial charge on any atom is -0.462 e. The van der Waals surface area contributed by atoms with Gasteiger partial charge in [-0.15, -0.1) is 0 Å². The van der Waals surface area contributed by atoms with Gasteiger partial charge in [-0.25, -0.2) is 9.18 Å². The lowest BCUT2D eigenvalue weighted by atomic mass is 9.82. The molecular weight excluding hydrogens is 344 g/mol. The molecule has 0 spiro atoms. The Morgan fingerprint density at radius 1 is 1.21 bits per heavy atom. The van der Waals surface area contributed by atoms with Crippen LogP contribution in [-0.2, 0) is 33.9 Å². The minimum absolute atomic E-state index is 0.00341. The van der Waals surface area contributed by atoms with Crippen LogP contribution in [0.15, 0.2) is 0 Å². The maximum absolute atomic E-state index is 14.2. The molecule has 2 aliphatic heterocycles. The van der Waals surface area contributed by atoms with Gasteiger partial charge in [0.1, 0.15) is 6.10 Å². The molecule has 4 aliphatic rings. The Hall–Kier alpha value is -1.46. The van der Waals surface area contributed by atoms with Gasteiger partial charge in [-0.1, -0.05) is 5.04 Å². The molecule has 0 aromatic heterocycles. The van der Waals surface area contributed by atoms with Crippen LogP contribution in [0.5, 0.6) is 0 Å². The monoisotopic (exact) mass is 356 g/mol. The fourth-order valence-corrected chi connectivity index (χ4v) is 4.14. The molecule has 0 radical (unpaired) electrons. The van der Waals surface area contributed by atoms with Crippen molar-refractivity contribution in [2.45, 2.75) is 37.1 Å². The van der Waals surface area contributed by atoms with Gasteiger partial charge < -0.3 is 9.47 Å². The summed E-state index contributed by atoms with van der Waals surface area (Å²) in [6, 6.07) is 0. The van der Waals surface area contributed by atoms with Crippen LogP contribution in [0.1, 0.15) is 12.8 Å². The molecule has 7 nitrogen and oxygen atoms in total. The molecule has 6 unspecified atom stereocenters. The Morgan fingerprint density at radius 3 is 2.50 bits per heavy atom. The van der Waals surface area contributed by atoms with E-state index in [1.165, 1.54) is 0 Å². The number of ether oxygens (including phenoxy) is 2. The first kappa shape index (κ1) is 16.0. The van der Waals surface area contributed by atoms with E-state index in [4.69, 9.17) is 4.74 Å². The second kappa shape index (κ2) is 5.02. The molecule has 0 N–H and O–H groups in total. The van der Waals surface area contributed by atoms with E-state index in [9.17, 15) is 27.2 Å². The summed E-state index contributed by atoms with van der Waals surface area (Å²) >= 11 is 0. The summed E-state index contributed by atoms with van der Waals surface area (Å²) in [6.45, 7) is -0.472. The van der Waals surface area contributed by atoms with Crippen LogP contribution in [0.2, 0.25) is 0 Å². The van der Waals surface area contributed by atoms with Crippen molar-refractivity contribution in [1.82, 2.24) is 0 Å². The van der Waals surface area contributed by atoms with E-state index in [0.29, 0.717) is 12.8 Å². The molecule has 0 aromatic carbocycles. The van der Waals surface area contributed by atoms with Gasteiger partial charge in [0.2, 0.25) is 0 Å². The Labute approximate surface area is 132 Å². The van der Waals surface area contributed by atoms with Crippen molar-refractivity contribution in [3.05, 3.63) is 0 Å². The van der Waals surface area contributed by atoms with Crippen molar-refractivity contribution < 1.29 is 51.4 Å². The third kappa shape index (κ3) is 2.01. The van der Waals surface area contributed by atoms with Crippen LogP contribution in [0.25, 0.3) is 0 Å². The number of hydrogen-bond acceptors (Lipinski definition) is 7. The van der Waals surface area contributed by atoms with Crippen LogP contribution in [0, 0.1) is 23.7 Å². The molecule has 11 heteroatoms. The fourth-order valence-electron chi connectivity index (χ4n) is 4.14. The van der Waals surface area contributed by atoms with E-state index in [1.54, 1.807) is 0 Å². The summed E-state index contributed by atoms with van der Waals surface area (Å²) in [7, 11) is 0. The van der Waals surface area contributed by atoms with Crippen LogP contribution in [0.4, 0.5) is 17.6 Å². The minimum atomic E-state index is -5.61. The Morgan fingerprint density at radius 2 is 1.92 bits per heavy atom. The van der Waals surface area contributed by atoms with Gasteiger partial charge in [0, 0.05) is 11.8 Å². The molecule has 2 aliphatic carbocycles. The number of alkyl halides is 4. The van der Waals surface area contributed by atoms with Crippen LogP contribution in [0.3, 0.4) is 0 Å². The SMILES string of the molecule is O=C1OC2C(COC(=O)C(F)(C3OOO3)C(F)(F)F)C3CC1C2C3. The van der Waals surface area contributed by atoms with Crippen LogP contribution < -0.4 is 0 Å². The summed E-state index contributed by atoms with van der Waals surface area (Å²) < 4.78 is 62.8. The lowest BCUT2D eigenvalue weighted by molar-refractivity contribution is -0.706. The summed E-state index contributed by atoms with van der Waals surface area (Å²) in [6.07, 6.45) is -7.46. The second-order valence-electron chi connectivity index (χ2n) is 6.47. The standard InChI is InChI=1S/C13H12F4O7/c14-12(13(15,16)17,11-22-24-23-11)10(19)20-3-7-4-1-5-6(2-4)9(18)21-8(5)7/h4-8,11H,1-3H2. The van der Waals surface area contributed by atoms with Gasteiger partial charge in [-0.05, 0) is 18.8 Å². The Bertz CT molecular complexity index is 577. The predicted molar refractivity (Wildman–Crippen MR) is 61.0 cm³/mol. The highest BCUT2D eigenvalue weighted by Gasteiger charge is 2.73. The Kier molecular flexibility index (Phi) is 3.35. The van der Waals surface area contributed by atoms with E-state index in [2.05, 4.69) is 19.6 Å². The van der Waals surface area contributed by atoms with E-state index < -0.39 is 42.7 Å². The van der Waals surface area contributed by atoms with Crippen molar-refractivity contribution in [3.8, 4) is 0 Å². The molecule has 2 heterocycles. The summed E-state index contributed by atoms with van der Waals surface area (Å²) in [5.74, 6) is -3.12. The van der Waals surface area contributed by atoms with Crippen LogP contribution >= 0.6 is 0 Å². The molecule has 2 saturated carbocycles. The van der Waals surface area contributed by atoms with E-state index in [0.717, 1.165) is 0 Å². The normalized spacial score (nSPS) is 40.2. The van der Waals surface area contributed by atoms with E-state index >= 15 is 0 Å². The first-order valence-electron chi connectivity index (χ1n) is 7.35. The average Bonchev–Trinajstić information content (AvgIpc) is 3.04. The van der Waals surface area contributed by atoms with Gasteiger partial charge in [-0.3, -0.25) is 4.79 Å². The van der Waals surface area contributed by atoms with Crippen LogP contribution in [-0.4, -0.2) is 42.8 Å². The number of carbonyl (C=O) groups excluding carboxylic acids is 2. The molecule has 0 aromatic rings. The third-order valence-corrected chi connectivity index (χ3v) is 5.35. The molecule has 2 saturated heterocycles. The molecule has 134 valence electrons. The highest BCUT2D eigenvalue weighted by atomic mass is 19.4. The molecule has 0 amide bonds. The van der Waals surface area contributed by atoms with Crippen molar-refractivity contribution in [1.29, 1.82) is 0 Å². The molecule has 24 heavy (non-hydrogen) atoms. The first-order chi connectivity index (χ1) is 11.2. The first-order valence-corrected chi connectivity index (χ1v) is 7.35.